The second-order valence-electron chi connectivity index (χ2n) is 5.91. The number of halogens is 2. The van der Waals surface area contributed by atoms with E-state index in [-0.39, 0.29) is 47.8 Å². The largest absolute Gasteiger partial charge is 0.444 e. The van der Waals surface area contributed by atoms with Crippen molar-refractivity contribution in [3.63, 3.8) is 0 Å². The van der Waals surface area contributed by atoms with Crippen LogP contribution < -0.4 is 4.90 Å². The molecule has 0 saturated carbocycles. The van der Waals surface area contributed by atoms with Gasteiger partial charge in [0, 0.05) is 10.5 Å². The molecule has 1 saturated heterocycles. The Balaban J connectivity index is 1.87. The van der Waals surface area contributed by atoms with E-state index in [0.29, 0.717) is 0 Å². The normalized spacial score (nSPS) is 21.8. The van der Waals surface area contributed by atoms with E-state index in [4.69, 9.17) is 10.3 Å². The molecule has 2 aliphatic heterocycles. The van der Waals surface area contributed by atoms with E-state index in [1.54, 1.807) is 0 Å². The number of nitrogens with zero attached hydrogens (tertiary/aromatic N) is 4. The van der Waals surface area contributed by atoms with Crippen LogP contribution in [0.15, 0.2) is 23.3 Å². The number of amides is 1. The van der Waals surface area contributed by atoms with Crippen molar-refractivity contribution in [2.45, 2.75) is 12.5 Å². The van der Waals surface area contributed by atoms with E-state index in [1.165, 1.54) is 6.08 Å². The standard InChI is InChI=1S/C15H14F2N4O4S/c16-12-5-10(21-8-11(7-19-20-18)25-15(21)22)6-13(17)14(12)9-1-3-26(23,24)4-2-9/h1,5-6,11H,2-4,7-8H2/t11-/m0/s1. The number of sulfone groups is 1. The third kappa shape index (κ3) is 3.63. The van der Waals surface area contributed by atoms with Gasteiger partial charge >= 0.3 is 6.09 Å². The third-order valence-corrected chi connectivity index (χ3v) is 5.65. The minimum absolute atomic E-state index is 0.00296. The van der Waals surface area contributed by atoms with Gasteiger partial charge in [-0.25, -0.2) is 22.0 Å². The summed E-state index contributed by atoms with van der Waals surface area (Å²) >= 11 is 0. The summed E-state index contributed by atoms with van der Waals surface area (Å²) in [6, 6.07) is 2.00. The Morgan fingerprint density at radius 3 is 2.62 bits per heavy atom. The van der Waals surface area contributed by atoms with E-state index in [1.807, 2.05) is 0 Å². The van der Waals surface area contributed by atoms with Crippen LogP contribution in [-0.2, 0) is 14.6 Å². The molecule has 1 atom stereocenters. The van der Waals surface area contributed by atoms with Crippen molar-refractivity contribution in [3.05, 3.63) is 45.8 Å². The van der Waals surface area contributed by atoms with Crippen LogP contribution in [0, 0.1) is 11.6 Å². The van der Waals surface area contributed by atoms with Crippen LogP contribution in [0.2, 0.25) is 0 Å². The monoisotopic (exact) mass is 384 g/mol. The predicted octanol–water partition coefficient (Wildman–Crippen LogP) is 2.80. The summed E-state index contributed by atoms with van der Waals surface area (Å²) in [4.78, 5) is 15.5. The highest BCUT2D eigenvalue weighted by Gasteiger charge is 2.33. The maximum absolute atomic E-state index is 14.5. The van der Waals surface area contributed by atoms with Crippen LogP contribution in [-0.4, -0.2) is 45.2 Å². The Bertz CT molecular complexity index is 918. The lowest BCUT2D eigenvalue weighted by Gasteiger charge is -2.18. The van der Waals surface area contributed by atoms with Gasteiger partial charge < -0.3 is 4.74 Å². The van der Waals surface area contributed by atoms with Crippen LogP contribution in [0.4, 0.5) is 19.3 Å². The highest BCUT2D eigenvalue weighted by molar-refractivity contribution is 7.91. The lowest BCUT2D eigenvalue weighted by molar-refractivity contribution is 0.145. The van der Waals surface area contributed by atoms with Crippen LogP contribution in [0.3, 0.4) is 0 Å². The van der Waals surface area contributed by atoms with Gasteiger partial charge in [-0.3, -0.25) is 4.90 Å². The lowest BCUT2D eigenvalue weighted by Crippen LogP contribution is -2.25. The van der Waals surface area contributed by atoms with Gasteiger partial charge in [0.05, 0.1) is 30.3 Å². The number of anilines is 1. The first kappa shape index (κ1) is 18.2. The zero-order valence-electron chi connectivity index (χ0n) is 13.4. The second-order valence-corrected chi connectivity index (χ2v) is 8.14. The zero-order chi connectivity index (χ0) is 18.9. The Morgan fingerprint density at radius 2 is 2.04 bits per heavy atom. The maximum atomic E-state index is 14.5. The van der Waals surface area contributed by atoms with Gasteiger partial charge in [0.2, 0.25) is 0 Å². The molecule has 1 aromatic carbocycles. The molecule has 0 radical (unpaired) electrons. The van der Waals surface area contributed by atoms with Crippen LogP contribution >= 0.6 is 0 Å². The number of carbonyl (C=O) groups excluding carboxylic acids is 1. The van der Waals surface area contributed by atoms with Crippen molar-refractivity contribution < 1.29 is 26.7 Å². The summed E-state index contributed by atoms with van der Waals surface area (Å²) in [5.74, 6) is -2.21. The van der Waals surface area contributed by atoms with Crippen LogP contribution in [0.25, 0.3) is 16.0 Å². The average Bonchev–Trinajstić information content (AvgIpc) is 2.94. The first-order valence-electron chi connectivity index (χ1n) is 7.68. The highest BCUT2D eigenvalue weighted by atomic mass is 32.2. The Kier molecular flexibility index (Phi) is 4.84. The number of hydrogen-bond donors (Lipinski definition) is 0. The Hall–Kier alpha value is -2.65. The average molecular weight is 384 g/mol. The van der Waals surface area contributed by atoms with E-state index < -0.39 is 33.7 Å². The number of allylic oxidation sites excluding steroid dienone is 1. The molecular weight excluding hydrogens is 370 g/mol. The molecule has 1 fully saturated rings. The molecule has 1 aromatic rings. The van der Waals surface area contributed by atoms with Gasteiger partial charge in [-0.2, -0.15) is 0 Å². The third-order valence-electron chi connectivity index (χ3n) is 4.15. The first-order valence-corrected chi connectivity index (χ1v) is 9.51. The molecule has 0 aliphatic carbocycles. The second kappa shape index (κ2) is 6.93. The van der Waals surface area contributed by atoms with Crippen LogP contribution in [0.5, 0.6) is 0 Å². The molecule has 1 amide bonds. The van der Waals surface area contributed by atoms with Crippen molar-refractivity contribution in [2.24, 2.45) is 5.11 Å². The Labute approximate surface area is 147 Å². The molecule has 0 N–H and O–H groups in total. The predicted molar refractivity (Wildman–Crippen MR) is 89.2 cm³/mol. The zero-order valence-corrected chi connectivity index (χ0v) is 14.2. The minimum atomic E-state index is -3.22. The van der Waals surface area contributed by atoms with Gasteiger partial charge in [0.25, 0.3) is 0 Å². The van der Waals surface area contributed by atoms with Gasteiger partial charge in [0.15, 0.2) is 9.84 Å². The number of benzene rings is 1. The van der Waals surface area contributed by atoms with Gasteiger partial charge in [0.1, 0.15) is 17.7 Å². The first-order chi connectivity index (χ1) is 12.3. The summed E-state index contributed by atoms with van der Waals surface area (Å²) in [5, 5.41) is 3.31. The fourth-order valence-electron chi connectivity index (χ4n) is 2.88. The molecule has 0 spiro atoms. The van der Waals surface area contributed by atoms with E-state index in [2.05, 4.69) is 10.0 Å². The number of cyclic esters (lactones) is 1. The molecule has 138 valence electrons. The smallest absolute Gasteiger partial charge is 0.414 e. The molecule has 26 heavy (non-hydrogen) atoms. The van der Waals surface area contributed by atoms with E-state index in [0.717, 1.165) is 17.0 Å². The van der Waals surface area contributed by atoms with E-state index in [9.17, 15) is 22.0 Å². The summed E-state index contributed by atoms with van der Waals surface area (Å²) < 4.78 is 56.9. The molecule has 0 aromatic heterocycles. The molecule has 0 bridgehead atoms. The van der Waals surface area contributed by atoms with E-state index >= 15 is 0 Å². The fraction of sp³-hybridized carbons (Fsp3) is 0.400. The number of rotatable bonds is 4. The molecule has 2 heterocycles. The quantitative estimate of drug-likeness (QED) is 0.451. The summed E-state index contributed by atoms with van der Waals surface area (Å²) in [6.07, 6.45) is -0.164. The molecular formula is C15H14F2N4O4S. The summed E-state index contributed by atoms with van der Waals surface area (Å²) in [5.41, 5.74) is 8.26. The van der Waals surface area contributed by atoms with Gasteiger partial charge in [-0.05, 0) is 29.7 Å². The van der Waals surface area contributed by atoms with Crippen LogP contribution in [0.1, 0.15) is 12.0 Å². The minimum Gasteiger partial charge on any atom is -0.444 e. The highest BCUT2D eigenvalue weighted by Crippen LogP contribution is 2.32. The topological polar surface area (TPSA) is 112 Å². The maximum Gasteiger partial charge on any atom is 0.414 e. The number of hydrogen-bond acceptors (Lipinski definition) is 5. The van der Waals surface area contributed by atoms with Crippen molar-refractivity contribution in [1.82, 2.24) is 0 Å². The van der Waals surface area contributed by atoms with Crippen molar-refractivity contribution in [1.29, 1.82) is 0 Å². The van der Waals surface area contributed by atoms with Crippen molar-refractivity contribution >= 4 is 27.2 Å². The SMILES string of the molecule is [N-]=[N+]=NC[C@H]1CN(c2cc(F)c(C3=CCS(=O)(=O)CC3)c(F)c2)C(=O)O1. The van der Waals surface area contributed by atoms with Crippen molar-refractivity contribution in [3.8, 4) is 0 Å². The van der Waals surface area contributed by atoms with Crippen molar-refractivity contribution in [2.75, 3.05) is 29.5 Å². The number of carbonyl (C=O) groups is 1. The molecule has 3 rings (SSSR count). The number of ether oxygens (including phenoxy) is 1. The number of azide groups is 1. The molecule has 2 aliphatic rings. The molecule has 8 nitrogen and oxygen atoms in total. The Morgan fingerprint density at radius 1 is 1.35 bits per heavy atom. The molecule has 11 heteroatoms. The summed E-state index contributed by atoms with van der Waals surface area (Å²) in [7, 11) is -3.22. The van der Waals surface area contributed by atoms with Gasteiger partial charge in [-0.1, -0.05) is 11.2 Å². The summed E-state index contributed by atoms with van der Waals surface area (Å²) in [6.45, 7) is -0.0832. The lowest BCUT2D eigenvalue weighted by atomic mass is 10.0. The fourth-order valence-corrected chi connectivity index (χ4v) is 4.04. The van der Waals surface area contributed by atoms with Gasteiger partial charge in [-0.15, -0.1) is 0 Å². The molecule has 0 unspecified atom stereocenters.